The number of esters is 1. The quantitative estimate of drug-likeness (QED) is 0.619. The molecule has 0 fully saturated rings. The van der Waals surface area contributed by atoms with E-state index in [-0.39, 0.29) is 24.6 Å². The molecule has 0 spiro atoms. The number of fused-ring (bicyclic) bond motifs is 1. The number of hydrogen-bond donors (Lipinski definition) is 0. The van der Waals surface area contributed by atoms with Crippen LogP contribution in [0.4, 0.5) is 0 Å². The van der Waals surface area contributed by atoms with E-state index in [0.717, 1.165) is 10.9 Å². The Bertz CT molecular complexity index is 655. The summed E-state index contributed by atoms with van der Waals surface area (Å²) in [6, 6.07) is 9.43. The number of hydrogen-bond acceptors (Lipinski definition) is 4. The average molecular weight is 336 g/mol. The van der Waals surface area contributed by atoms with Crippen molar-refractivity contribution in [2.45, 2.75) is 19.8 Å². The van der Waals surface area contributed by atoms with E-state index in [9.17, 15) is 9.59 Å². The van der Waals surface area contributed by atoms with Gasteiger partial charge in [0, 0.05) is 16.3 Å². The molecule has 0 aliphatic carbocycles. The van der Waals surface area contributed by atoms with Crippen molar-refractivity contribution >= 4 is 38.6 Å². The second-order valence-corrected chi connectivity index (χ2v) is 5.09. The van der Waals surface area contributed by atoms with E-state index in [1.165, 1.54) is 0 Å². The van der Waals surface area contributed by atoms with Gasteiger partial charge in [0.2, 0.25) is 0 Å². The predicted molar refractivity (Wildman–Crippen MR) is 79.6 cm³/mol. The van der Waals surface area contributed by atoms with Crippen LogP contribution in [0.1, 0.15) is 30.3 Å². The minimum Gasteiger partial charge on any atom is -0.466 e. The van der Waals surface area contributed by atoms with E-state index in [1.54, 1.807) is 6.92 Å². The smallest absolute Gasteiger partial charge is 0.306 e. The van der Waals surface area contributed by atoms with Crippen molar-refractivity contribution in [1.82, 2.24) is 4.98 Å². The first-order valence-corrected chi connectivity index (χ1v) is 7.15. The van der Waals surface area contributed by atoms with E-state index in [2.05, 4.69) is 20.9 Å². The molecule has 1 aromatic heterocycles. The van der Waals surface area contributed by atoms with Gasteiger partial charge in [-0.25, -0.2) is 4.98 Å². The molecule has 0 saturated heterocycles. The van der Waals surface area contributed by atoms with Gasteiger partial charge in [0.1, 0.15) is 5.69 Å². The van der Waals surface area contributed by atoms with Crippen molar-refractivity contribution in [1.29, 1.82) is 0 Å². The number of ketones is 1. The number of carbonyl (C=O) groups is 2. The molecule has 0 atom stereocenters. The second-order valence-electron chi connectivity index (χ2n) is 4.24. The molecule has 0 N–H and O–H groups in total. The molecule has 5 heteroatoms. The van der Waals surface area contributed by atoms with E-state index in [1.807, 2.05) is 30.3 Å². The van der Waals surface area contributed by atoms with Gasteiger partial charge in [-0.15, -0.1) is 0 Å². The maximum absolute atomic E-state index is 12.1. The minimum absolute atomic E-state index is 0.0770. The Morgan fingerprint density at radius 2 is 2.00 bits per heavy atom. The normalized spacial score (nSPS) is 10.5. The van der Waals surface area contributed by atoms with Crippen LogP contribution < -0.4 is 0 Å². The highest BCUT2D eigenvalue weighted by Gasteiger charge is 2.15. The van der Waals surface area contributed by atoms with Crippen LogP contribution in [0, 0.1) is 0 Å². The molecule has 20 heavy (non-hydrogen) atoms. The maximum Gasteiger partial charge on any atom is 0.306 e. The maximum atomic E-state index is 12.1. The Hall–Kier alpha value is -1.75. The number of aromatic nitrogens is 1. The van der Waals surface area contributed by atoms with E-state index < -0.39 is 0 Å². The third kappa shape index (κ3) is 3.42. The van der Waals surface area contributed by atoms with Gasteiger partial charge < -0.3 is 4.74 Å². The topological polar surface area (TPSA) is 56.3 Å². The van der Waals surface area contributed by atoms with Gasteiger partial charge >= 0.3 is 5.97 Å². The molecular formula is C15H14BrNO3. The lowest BCUT2D eigenvalue weighted by molar-refractivity contribution is -0.143. The molecule has 0 aliphatic rings. The summed E-state index contributed by atoms with van der Waals surface area (Å²) in [5, 5.41) is 0.960. The van der Waals surface area contributed by atoms with Gasteiger partial charge in [-0.2, -0.15) is 0 Å². The van der Waals surface area contributed by atoms with Gasteiger partial charge in [-0.3, -0.25) is 9.59 Å². The number of benzene rings is 1. The fourth-order valence-electron chi connectivity index (χ4n) is 1.85. The molecule has 1 heterocycles. The average Bonchev–Trinajstić information content (AvgIpc) is 2.44. The molecule has 2 aromatic rings. The Morgan fingerprint density at radius 3 is 2.75 bits per heavy atom. The van der Waals surface area contributed by atoms with Gasteiger partial charge in [-0.1, -0.05) is 18.2 Å². The molecule has 0 saturated carbocycles. The van der Waals surface area contributed by atoms with Crippen molar-refractivity contribution in [2.75, 3.05) is 6.61 Å². The van der Waals surface area contributed by atoms with Gasteiger partial charge in [0.25, 0.3) is 0 Å². The molecule has 4 nitrogen and oxygen atoms in total. The molecule has 104 valence electrons. The summed E-state index contributed by atoms with van der Waals surface area (Å²) >= 11 is 3.36. The van der Waals surface area contributed by atoms with Gasteiger partial charge in [0.15, 0.2) is 5.78 Å². The highest BCUT2D eigenvalue weighted by molar-refractivity contribution is 9.10. The highest BCUT2D eigenvalue weighted by atomic mass is 79.9. The molecular weight excluding hydrogens is 322 g/mol. The Labute approximate surface area is 125 Å². The van der Waals surface area contributed by atoms with Crippen LogP contribution in [-0.2, 0) is 9.53 Å². The van der Waals surface area contributed by atoms with Crippen molar-refractivity contribution < 1.29 is 14.3 Å². The summed E-state index contributed by atoms with van der Waals surface area (Å²) in [7, 11) is 0. The number of rotatable bonds is 5. The highest BCUT2D eigenvalue weighted by Crippen LogP contribution is 2.22. The largest absolute Gasteiger partial charge is 0.466 e. The summed E-state index contributed by atoms with van der Waals surface area (Å²) in [5.74, 6) is -0.534. The molecule has 0 bridgehead atoms. The molecule has 1 aromatic carbocycles. The number of halogens is 1. The van der Waals surface area contributed by atoms with Crippen LogP contribution in [0.5, 0.6) is 0 Å². The third-order valence-corrected chi connectivity index (χ3v) is 3.41. The standard InChI is InChI=1S/C15H14BrNO3/c1-2-20-14(19)8-7-13(18)15-11(16)9-10-5-3-4-6-12(10)17-15/h3-6,9H,2,7-8H2,1H3. The van der Waals surface area contributed by atoms with Crippen LogP contribution in [0.25, 0.3) is 10.9 Å². The van der Waals surface area contributed by atoms with Gasteiger partial charge in [0.05, 0.1) is 18.5 Å². The number of ether oxygens (including phenoxy) is 1. The summed E-state index contributed by atoms with van der Waals surface area (Å²) < 4.78 is 5.45. The van der Waals surface area contributed by atoms with Crippen LogP contribution in [0.2, 0.25) is 0 Å². The lowest BCUT2D eigenvalue weighted by atomic mass is 10.1. The number of carbonyl (C=O) groups excluding carboxylic acids is 2. The fourth-order valence-corrected chi connectivity index (χ4v) is 2.41. The Kier molecular flexibility index (Phi) is 4.84. The van der Waals surface area contributed by atoms with Gasteiger partial charge in [-0.05, 0) is 35.0 Å². The zero-order valence-electron chi connectivity index (χ0n) is 11.1. The molecule has 0 unspecified atom stereocenters. The van der Waals surface area contributed by atoms with Crippen molar-refractivity contribution in [3.8, 4) is 0 Å². The summed E-state index contributed by atoms with van der Waals surface area (Å²) in [6.07, 6.45) is 0.177. The Balaban J connectivity index is 2.17. The first-order valence-electron chi connectivity index (χ1n) is 6.36. The zero-order chi connectivity index (χ0) is 14.5. The van der Waals surface area contributed by atoms with Crippen LogP contribution in [-0.4, -0.2) is 23.3 Å². The lowest BCUT2D eigenvalue weighted by Crippen LogP contribution is -2.09. The zero-order valence-corrected chi connectivity index (χ0v) is 12.6. The number of pyridine rings is 1. The van der Waals surface area contributed by atoms with Crippen molar-refractivity contribution in [3.05, 3.63) is 40.5 Å². The van der Waals surface area contributed by atoms with Crippen LogP contribution in [0.15, 0.2) is 34.8 Å². The van der Waals surface area contributed by atoms with Crippen LogP contribution >= 0.6 is 15.9 Å². The number of nitrogens with zero attached hydrogens (tertiary/aromatic N) is 1. The van der Waals surface area contributed by atoms with E-state index in [4.69, 9.17) is 4.74 Å². The summed E-state index contributed by atoms with van der Waals surface area (Å²) in [6.45, 7) is 2.06. The SMILES string of the molecule is CCOC(=O)CCC(=O)c1nc2ccccc2cc1Br. The lowest BCUT2D eigenvalue weighted by Gasteiger charge is -2.05. The fraction of sp³-hybridized carbons (Fsp3) is 0.267. The first kappa shape index (κ1) is 14.7. The molecule has 2 rings (SSSR count). The molecule has 0 aliphatic heterocycles. The van der Waals surface area contributed by atoms with E-state index in [0.29, 0.717) is 16.8 Å². The monoisotopic (exact) mass is 335 g/mol. The first-order chi connectivity index (χ1) is 9.61. The van der Waals surface area contributed by atoms with Crippen molar-refractivity contribution in [2.24, 2.45) is 0 Å². The Morgan fingerprint density at radius 1 is 1.25 bits per heavy atom. The predicted octanol–water partition coefficient (Wildman–Crippen LogP) is 3.52. The minimum atomic E-state index is -0.363. The second kappa shape index (κ2) is 6.61. The molecule has 0 amide bonds. The number of Topliss-reactive ketones (excluding diaryl/α,β-unsaturated/α-hetero) is 1. The van der Waals surface area contributed by atoms with Crippen LogP contribution in [0.3, 0.4) is 0 Å². The summed E-state index contributed by atoms with van der Waals surface area (Å²) in [5.41, 5.74) is 1.11. The third-order valence-electron chi connectivity index (χ3n) is 2.80. The summed E-state index contributed by atoms with van der Waals surface area (Å²) in [4.78, 5) is 27.7. The number of para-hydroxylation sites is 1. The van der Waals surface area contributed by atoms with Crippen molar-refractivity contribution in [3.63, 3.8) is 0 Å². The molecule has 0 radical (unpaired) electrons. The van der Waals surface area contributed by atoms with E-state index >= 15 is 0 Å².